The van der Waals surface area contributed by atoms with Gasteiger partial charge in [-0.3, -0.25) is 5.32 Å². The zero-order valence-corrected chi connectivity index (χ0v) is 8.94. The Morgan fingerprint density at radius 1 is 0.875 bits per heavy atom. The first kappa shape index (κ1) is 10.8. The summed E-state index contributed by atoms with van der Waals surface area (Å²) in [6.45, 7) is 0.539. The van der Waals surface area contributed by atoms with Crippen LogP contribution in [-0.4, -0.2) is 0 Å². The molecule has 0 aromatic heterocycles. The summed E-state index contributed by atoms with van der Waals surface area (Å²) in [6, 6.07) is 18.9. The van der Waals surface area contributed by atoms with Gasteiger partial charge in [0.25, 0.3) is 0 Å². The fourth-order valence-electron chi connectivity index (χ4n) is 1.54. The first-order chi connectivity index (χ1) is 7.86. The molecule has 2 aromatic carbocycles. The Balaban J connectivity index is 1.92. The zero-order chi connectivity index (χ0) is 11.2. The lowest BCUT2D eigenvalue weighted by Gasteiger charge is -2.10. The van der Waals surface area contributed by atoms with Crippen molar-refractivity contribution in [2.24, 2.45) is 0 Å². The third kappa shape index (κ3) is 2.91. The van der Waals surface area contributed by atoms with Crippen LogP contribution in [-0.2, 0) is 6.54 Å². The summed E-state index contributed by atoms with van der Waals surface area (Å²) in [5.74, 6) is 0. The van der Waals surface area contributed by atoms with Crippen LogP contribution in [0.3, 0.4) is 0 Å². The van der Waals surface area contributed by atoms with Crippen molar-refractivity contribution in [2.45, 2.75) is 12.8 Å². The lowest BCUT2D eigenvalue weighted by atomic mass is 10.2. The lowest BCUT2D eigenvalue weighted by Crippen LogP contribution is -2.16. The SMILES string of the molecule is FC(NCc1ccccc1)c1ccccc1. The summed E-state index contributed by atoms with van der Waals surface area (Å²) in [5.41, 5.74) is 1.75. The minimum atomic E-state index is -1.11. The molecule has 0 saturated heterocycles. The van der Waals surface area contributed by atoms with Gasteiger partial charge in [-0.25, -0.2) is 4.39 Å². The van der Waals surface area contributed by atoms with Crippen LogP contribution in [0.4, 0.5) is 4.39 Å². The molecule has 0 saturated carbocycles. The molecule has 2 heteroatoms. The Kier molecular flexibility index (Phi) is 3.67. The molecule has 0 aliphatic carbocycles. The molecule has 2 aromatic rings. The Hall–Kier alpha value is -1.67. The van der Waals surface area contributed by atoms with Crippen LogP contribution in [0.2, 0.25) is 0 Å². The summed E-state index contributed by atoms with van der Waals surface area (Å²) >= 11 is 0. The van der Waals surface area contributed by atoms with Gasteiger partial charge in [-0.15, -0.1) is 0 Å². The Bertz CT molecular complexity index is 413. The van der Waals surface area contributed by atoms with Crippen LogP contribution in [0.1, 0.15) is 17.4 Å². The highest BCUT2D eigenvalue weighted by Crippen LogP contribution is 2.14. The van der Waals surface area contributed by atoms with Crippen LogP contribution < -0.4 is 5.32 Å². The van der Waals surface area contributed by atoms with E-state index in [2.05, 4.69) is 5.32 Å². The Labute approximate surface area is 94.9 Å². The quantitative estimate of drug-likeness (QED) is 0.770. The molecule has 0 bridgehead atoms. The third-order valence-electron chi connectivity index (χ3n) is 2.42. The van der Waals surface area contributed by atoms with Crippen molar-refractivity contribution in [3.63, 3.8) is 0 Å². The molecule has 0 aliphatic heterocycles. The number of hydrogen-bond donors (Lipinski definition) is 1. The monoisotopic (exact) mass is 215 g/mol. The van der Waals surface area contributed by atoms with Crippen molar-refractivity contribution >= 4 is 0 Å². The number of nitrogens with one attached hydrogen (secondary N) is 1. The van der Waals surface area contributed by atoms with E-state index in [1.807, 2.05) is 48.5 Å². The van der Waals surface area contributed by atoms with Gasteiger partial charge in [-0.2, -0.15) is 0 Å². The van der Waals surface area contributed by atoms with E-state index in [4.69, 9.17) is 0 Å². The number of hydrogen-bond acceptors (Lipinski definition) is 1. The fourth-order valence-corrected chi connectivity index (χ4v) is 1.54. The molecule has 0 amide bonds. The number of benzene rings is 2. The van der Waals surface area contributed by atoms with Gasteiger partial charge in [-0.05, 0) is 5.56 Å². The van der Waals surface area contributed by atoms with E-state index in [0.29, 0.717) is 12.1 Å². The first-order valence-corrected chi connectivity index (χ1v) is 5.32. The van der Waals surface area contributed by atoms with Crippen molar-refractivity contribution in [2.75, 3.05) is 0 Å². The molecule has 0 radical (unpaired) electrons. The zero-order valence-electron chi connectivity index (χ0n) is 8.94. The lowest BCUT2D eigenvalue weighted by molar-refractivity contribution is 0.278. The van der Waals surface area contributed by atoms with Crippen molar-refractivity contribution < 1.29 is 4.39 Å². The van der Waals surface area contributed by atoms with Crippen molar-refractivity contribution in [1.82, 2.24) is 5.32 Å². The van der Waals surface area contributed by atoms with Gasteiger partial charge in [0, 0.05) is 12.1 Å². The molecule has 2 rings (SSSR count). The van der Waals surface area contributed by atoms with E-state index in [1.54, 1.807) is 12.1 Å². The van der Waals surface area contributed by atoms with Crippen LogP contribution in [0.5, 0.6) is 0 Å². The van der Waals surface area contributed by atoms with Crippen LogP contribution in [0.15, 0.2) is 60.7 Å². The van der Waals surface area contributed by atoms with E-state index in [9.17, 15) is 4.39 Å². The normalized spacial score (nSPS) is 12.3. The Morgan fingerprint density at radius 3 is 2.06 bits per heavy atom. The van der Waals surface area contributed by atoms with E-state index in [-0.39, 0.29) is 0 Å². The maximum Gasteiger partial charge on any atom is 0.177 e. The predicted octanol–water partition coefficient (Wildman–Crippen LogP) is 3.44. The van der Waals surface area contributed by atoms with Crippen LogP contribution in [0.25, 0.3) is 0 Å². The van der Waals surface area contributed by atoms with Gasteiger partial charge >= 0.3 is 0 Å². The standard InChI is InChI=1S/C14H14FN/c15-14(13-9-5-2-6-10-13)16-11-12-7-3-1-4-8-12/h1-10,14,16H,11H2. The van der Waals surface area contributed by atoms with Crippen molar-refractivity contribution in [1.29, 1.82) is 0 Å². The maximum atomic E-state index is 13.7. The number of rotatable bonds is 4. The predicted molar refractivity (Wildman–Crippen MR) is 63.6 cm³/mol. The minimum Gasteiger partial charge on any atom is -0.280 e. The summed E-state index contributed by atoms with van der Waals surface area (Å²) in [5, 5.41) is 2.85. The number of alkyl halides is 1. The molecule has 0 spiro atoms. The molecule has 0 heterocycles. The van der Waals surface area contributed by atoms with Crippen LogP contribution in [0, 0.1) is 0 Å². The second-order valence-electron chi connectivity index (χ2n) is 3.64. The van der Waals surface area contributed by atoms with E-state index < -0.39 is 6.30 Å². The average molecular weight is 215 g/mol. The van der Waals surface area contributed by atoms with Gasteiger partial charge in [0.1, 0.15) is 0 Å². The summed E-state index contributed by atoms with van der Waals surface area (Å²) in [7, 11) is 0. The largest absolute Gasteiger partial charge is 0.280 e. The highest BCUT2D eigenvalue weighted by molar-refractivity contribution is 5.18. The molecule has 1 N–H and O–H groups in total. The molecule has 1 atom stereocenters. The summed E-state index contributed by atoms with van der Waals surface area (Å²) < 4.78 is 13.7. The smallest absolute Gasteiger partial charge is 0.177 e. The minimum absolute atomic E-state index is 0.539. The van der Waals surface area contributed by atoms with Gasteiger partial charge in [0.2, 0.25) is 0 Å². The highest BCUT2D eigenvalue weighted by atomic mass is 19.1. The van der Waals surface area contributed by atoms with E-state index in [1.165, 1.54) is 0 Å². The second-order valence-corrected chi connectivity index (χ2v) is 3.64. The first-order valence-electron chi connectivity index (χ1n) is 5.32. The number of halogens is 1. The molecular weight excluding hydrogens is 201 g/mol. The summed E-state index contributed by atoms with van der Waals surface area (Å²) in [6.07, 6.45) is -1.11. The maximum absolute atomic E-state index is 13.7. The van der Waals surface area contributed by atoms with Crippen molar-refractivity contribution in [3.05, 3.63) is 71.8 Å². The molecular formula is C14H14FN. The highest BCUT2D eigenvalue weighted by Gasteiger charge is 2.07. The summed E-state index contributed by atoms with van der Waals surface area (Å²) in [4.78, 5) is 0. The fraction of sp³-hybridized carbons (Fsp3) is 0.143. The van der Waals surface area contributed by atoms with E-state index >= 15 is 0 Å². The molecule has 1 unspecified atom stereocenters. The third-order valence-corrected chi connectivity index (χ3v) is 2.42. The molecule has 82 valence electrons. The van der Waals surface area contributed by atoms with Gasteiger partial charge in [-0.1, -0.05) is 60.7 Å². The van der Waals surface area contributed by atoms with E-state index in [0.717, 1.165) is 5.56 Å². The molecule has 1 nitrogen and oxygen atoms in total. The topological polar surface area (TPSA) is 12.0 Å². The molecule has 0 aliphatic rings. The van der Waals surface area contributed by atoms with Gasteiger partial charge in [0.05, 0.1) is 0 Å². The Morgan fingerprint density at radius 2 is 1.44 bits per heavy atom. The van der Waals surface area contributed by atoms with Gasteiger partial charge in [0.15, 0.2) is 6.30 Å². The average Bonchev–Trinajstić information content (AvgIpc) is 2.38. The molecule has 16 heavy (non-hydrogen) atoms. The van der Waals surface area contributed by atoms with Gasteiger partial charge < -0.3 is 0 Å². The second kappa shape index (κ2) is 5.42. The van der Waals surface area contributed by atoms with Crippen LogP contribution >= 0.6 is 0 Å². The molecule has 0 fully saturated rings. The van der Waals surface area contributed by atoms with Crippen molar-refractivity contribution in [3.8, 4) is 0 Å².